The monoisotopic (exact) mass is 434 g/mol. The summed E-state index contributed by atoms with van der Waals surface area (Å²) in [5.74, 6) is 1.22. The fourth-order valence-electron chi connectivity index (χ4n) is 5.28. The van der Waals surface area contributed by atoms with E-state index in [0.717, 1.165) is 13.1 Å². The van der Waals surface area contributed by atoms with E-state index in [4.69, 9.17) is 0 Å². The summed E-state index contributed by atoms with van der Waals surface area (Å²) in [4.78, 5) is 2.33. The van der Waals surface area contributed by atoms with Crippen molar-refractivity contribution in [2.75, 3.05) is 11.9 Å². The summed E-state index contributed by atoms with van der Waals surface area (Å²) in [5.41, 5.74) is 7.82. The molecule has 0 N–H and O–H groups in total. The minimum atomic E-state index is -0.0207. The average Bonchev–Trinajstić information content (AvgIpc) is 3.24. The maximum absolute atomic E-state index is 2.43. The molecule has 3 aromatic carbocycles. The van der Waals surface area contributed by atoms with Gasteiger partial charge in [0.15, 0.2) is 11.0 Å². The fourth-order valence-corrected chi connectivity index (χ4v) is 5.28. The smallest absolute Gasteiger partial charge is 0.282 e. The lowest BCUT2D eigenvalue weighted by atomic mass is 9.84. The Balaban J connectivity index is 1.59. The van der Waals surface area contributed by atoms with Gasteiger partial charge in [-0.1, -0.05) is 80.6 Å². The second-order valence-corrected chi connectivity index (χ2v) is 9.28. The van der Waals surface area contributed by atoms with E-state index < -0.39 is 0 Å². The van der Waals surface area contributed by atoms with Crippen LogP contribution in [-0.2, 0) is 18.5 Å². The number of anilines is 1. The van der Waals surface area contributed by atoms with Crippen molar-refractivity contribution in [3.8, 4) is 0 Å². The molecule has 4 aromatic rings. The maximum Gasteiger partial charge on any atom is 0.282 e. The van der Waals surface area contributed by atoms with Crippen LogP contribution in [0.2, 0.25) is 0 Å². The van der Waals surface area contributed by atoms with E-state index in [-0.39, 0.29) is 5.41 Å². The van der Waals surface area contributed by atoms with Gasteiger partial charge in [-0.3, -0.25) is 0 Å². The molecule has 0 amide bonds. The summed E-state index contributed by atoms with van der Waals surface area (Å²) >= 11 is 0. The molecule has 2 heterocycles. The summed E-state index contributed by atoms with van der Waals surface area (Å²) in [6.07, 6.45) is 6.78. The van der Waals surface area contributed by atoms with Gasteiger partial charge in [-0.25, -0.2) is 9.13 Å². The van der Waals surface area contributed by atoms with Crippen molar-refractivity contribution in [2.45, 2.75) is 39.3 Å². The zero-order valence-electron chi connectivity index (χ0n) is 20.0. The highest BCUT2D eigenvalue weighted by atomic mass is 15.2. The summed E-state index contributed by atoms with van der Waals surface area (Å²) in [5, 5.41) is 0. The van der Waals surface area contributed by atoms with E-state index in [1.54, 1.807) is 0 Å². The number of para-hydroxylation sites is 3. The van der Waals surface area contributed by atoms with Gasteiger partial charge < -0.3 is 4.90 Å². The highest BCUT2D eigenvalue weighted by Gasteiger charge is 2.37. The van der Waals surface area contributed by atoms with Crippen molar-refractivity contribution in [1.82, 2.24) is 4.57 Å². The SMILES string of the molecule is CCn1c(/C=C/C=C2\N(C)c3ccccc3C2(C)C)[n+](Cc2ccccc2)c2ccccc21. The molecule has 0 radical (unpaired) electrons. The first-order valence-corrected chi connectivity index (χ1v) is 11.8. The molecule has 0 fully saturated rings. The Bertz CT molecular complexity index is 1360. The predicted octanol–water partition coefficient (Wildman–Crippen LogP) is 6.32. The topological polar surface area (TPSA) is 12.1 Å². The molecule has 3 nitrogen and oxygen atoms in total. The quantitative estimate of drug-likeness (QED) is 0.335. The van der Waals surface area contributed by atoms with E-state index in [2.05, 4.69) is 139 Å². The van der Waals surface area contributed by atoms with Gasteiger partial charge >= 0.3 is 0 Å². The van der Waals surface area contributed by atoms with Crippen molar-refractivity contribution >= 4 is 22.8 Å². The van der Waals surface area contributed by atoms with Crippen molar-refractivity contribution in [3.05, 3.63) is 114 Å². The number of imidazole rings is 1. The zero-order chi connectivity index (χ0) is 23.0. The highest BCUT2D eigenvalue weighted by Crippen LogP contribution is 2.46. The van der Waals surface area contributed by atoms with Crippen LogP contribution < -0.4 is 9.47 Å². The molecule has 0 saturated carbocycles. The molecule has 33 heavy (non-hydrogen) atoms. The molecule has 0 aliphatic carbocycles. The Labute approximate surface area is 196 Å². The van der Waals surface area contributed by atoms with Gasteiger partial charge in [0, 0.05) is 29.9 Å². The second-order valence-electron chi connectivity index (χ2n) is 9.28. The number of nitrogens with zero attached hydrogens (tertiary/aromatic N) is 3. The zero-order valence-corrected chi connectivity index (χ0v) is 20.0. The van der Waals surface area contributed by atoms with Crippen LogP contribution in [0.3, 0.4) is 0 Å². The van der Waals surface area contributed by atoms with Crippen LogP contribution in [0, 0.1) is 0 Å². The normalized spacial score (nSPS) is 16.2. The Morgan fingerprint density at radius 2 is 1.58 bits per heavy atom. The lowest BCUT2D eigenvalue weighted by Crippen LogP contribution is -2.37. The Kier molecular flexibility index (Phi) is 5.41. The number of hydrogen-bond donors (Lipinski definition) is 0. The lowest BCUT2D eigenvalue weighted by molar-refractivity contribution is -0.665. The van der Waals surface area contributed by atoms with Gasteiger partial charge in [-0.05, 0) is 42.3 Å². The van der Waals surface area contributed by atoms with Crippen molar-refractivity contribution < 1.29 is 4.57 Å². The first-order valence-electron chi connectivity index (χ1n) is 11.8. The number of aromatic nitrogens is 2. The number of rotatable bonds is 5. The number of allylic oxidation sites excluding steroid dienone is 3. The van der Waals surface area contributed by atoms with Crippen molar-refractivity contribution in [1.29, 1.82) is 0 Å². The van der Waals surface area contributed by atoms with Crippen LogP contribution in [0.25, 0.3) is 17.1 Å². The Hall–Kier alpha value is -3.59. The van der Waals surface area contributed by atoms with Gasteiger partial charge in [-0.2, -0.15) is 0 Å². The molecule has 5 rings (SSSR count). The largest absolute Gasteiger partial charge is 0.347 e. The maximum atomic E-state index is 2.43. The molecular weight excluding hydrogens is 402 g/mol. The summed E-state index contributed by atoms with van der Waals surface area (Å²) in [7, 11) is 2.17. The highest BCUT2D eigenvalue weighted by molar-refractivity contribution is 5.74. The Morgan fingerprint density at radius 1 is 0.879 bits per heavy atom. The van der Waals surface area contributed by atoms with E-state index >= 15 is 0 Å². The third-order valence-electron chi connectivity index (χ3n) is 6.96. The molecule has 3 heteroatoms. The van der Waals surface area contributed by atoms with Gasteiger partial charge in [0.25, 0.3) is 5.82 Å². The van der Waals surface area contributed by atoms with Gasteiger partial charge in [-0.15, -0.1) is 0 Å². The van der Waals surface area contributed by atoms with E-state index in [1.165, 1.54) is 39.4 Å². The minimum Gasteiger partial charge on any atom is -0.347 e. The molecule has 0 saturated heterocycles. The standard InChI is InChI=1S/C30H32N3/c1-5-32-26-18-11-12-19-27(26)33(22-23-14-7-6-8-15-23)29(32)21-13-20-28-30(2,3)24-16-9-10-17-25(24)31(28)4/h6-21H,5,22H2,1-4H3/q+1. The second kappa shape index (κ2) is 8.40. The first-order chi connectivity index (χ1) is 16.0. The van der Waals surface area contributed by atoms with Crippen LogP contribution >= 0.6 is 0 Å². The number of likely N-dealkylation sites (N-methyl/N-ethyl adjacent to an activating group) is 1. The van der Waals surface area contributed by atoms with E-state index in [0.29, 0.717) is 0 Å². The molecule has 1 aromatic heterocycles. The van der Waals surface area contributed by atoms with E-state index in [1.807, 2.05) is 0 Å². The van der Waals surface area contributed by atoms with Crippen LogP contribution in [0.4, 0.5) is 5.69 Å². The molecule has 0 atom stereocenters. The van der Waals surface area contributed by atoms with Crippen molar-refractivity contribution in [3.63, 3.8) is 0 Å². The molecular formula is C30H32N3+. The number of aryl methyl sites for hydroxylation is 1. The minimum absolute atomic E-state index is 0.0207. The number of fused-ring (bicyclic) bond motifs is 2. The number of benzene rings is 3. The molecule has 1 aliphatic rings. The molecule has 1 aliphatic heterocycles. The van der Waals surface area contributed by atoms with E-state index in [9.17, 15) is 0 Å². The predicted molar refractivity (Wildman–Crippen MR) is 138 cm³/mol. The first kappa shape index (κ1) is 21.3. The summed E-state index contributed by atoms with van der Waals surface area (Å²) in [6.45, 7) is 8.62. The third kappa shape index (κ3) is 3.58. The molecule has 0 bridgehead atoms. The van der Waals surface area contributed by atoms with Crippen LogP contribution in [0.1, 0.15) is 37.7 Å². The summed E-state index contributed by atoms with van der Waals surface area (Å²) < 4.78 is 4.84. The van der Waals surface area contributed by atoms with Crippen molar-refractivity contribution in [2.24, 2.45) is 0 Å². The molecule has 166 valence electrons. The fraction of sp³-hybridized carbons (Fsp3) is 0.233. The lowest BCUT2D eigenvalue weighted by Gasteiger charge is -2.23. The van der Waals surface area contributed by atoms with Crippen LogP contribution in [0.5, 0.6) is 0 Å². The average molecular weight is 435 g/mol. The van der Waals surface area contributed by atoms with Gasteiger partial charge in [0.1, 0.15) is 6.54 Å². The third-order valence-corrected chi connectivity index (χ3v) is 6.96. The summed E-state index contributed by atoms with van der Waals surface area (Å²) in [6, 6.07) is 28.1. The number of hydrogen-bond acceptors (Lipinski definition) is 1. The Morgan fingerprint density at radius 3 is 2.33 bits per heavy atom. The van der Waals surface area contributed by atoms with Gasteiger partial charge in [0.2, 0.25) is 0 Å². The van der Waals surface area contributed by atoms with Crippen LogP contribution in [-0.4, -0.2) is 11.6 Å². The molecule has 0 unspecified atom stereocenters. The van der Waals surface area contributed by atoms with Crippen LogP contribution in [0.15, 0.2) is 96.7 Å². The molecule has 0 spiro atoms. The van der Waals surface area contributed by atoms with Gasteiger partial charge in [0.05, 0.1) is 6.54 Å².